The summed E-state index contributed by atoms with van der Waals surface area (Å²) in [5, 5.41) is 3.37. The number of nitrogens with one attached hydrogen (secondary N) is 1. The van der Waals surface area contributed by atoms with Gasteiger partial charge in [-0.15, -0.1) is 0 Å². The number of likely N-dealkylation sites (N-methyl/N-ethyl adjacent to an activating group) is 1. The number of aryl methyl sites for hydroxylation is 2. The third-order valence-corrected chi connectivity index (χ3v) is 3.26. The molecule has 0 aliphatic carbocycles. The van der Waals surface area contributed by atoms with E-state index in [1.165, 1.54) is 16.7 Å². The first kappa shape index (κ1) is 14.2. The van der Waals surface area contributed by atoms with Gasteiger partial charge in [-0.05, 0) is 39.3 Å². The van der Waals surface area contributed by atoms with E-state index in [1.54, 1.807) is 7.11 Å². The standard InChI is InChI=1S/C15H25NO/c1-6-15(17-5)14(16-4)10-13-8-11(2)7-12(3)9-13/h7-9,14-16H,6,10H2,1-5H3. The third kappa shape index (κ3) is 4.14. The Kier molecular flexibility index (Phi) is 5.66. The van der Waals surface area contributed by atoms with Gasteiger partial charge in [-0.1, -0.05) is 36.2 Å². The average molecular weight is 235 g/mol. The van der Waals surface area contributed by atoms with E-state index in [2.05, 4.69) is 44.3 Å². The topological polar surface area (TPSA) is 21.3 Å². The van der Waals surface area contributed by atoms with Crippen molar-refractivity contribution in [3.63, 3.8) is 0 Å². The van der Waals surface area contributed by atoms with Crippen LogP contribution in [-0.2, 0) is 11.2 Å². The summed E-state index contributed by atoms with van der Waals surface area (Å²) in [5.74, 6) is 0. The van der Waals surface area contributed by atoms with Crippen LogP contribution in [-0.4, -0.2) is 26.3 Å². The van der Waals surface area contributed by atoms with Gasteiger partial charge in [0, 0.05) is 13.2 Å². The fourth-order valence-electron chi connectivity index (χ4n) is 2.48. The molecule has 1 aromatic rings. The summed E-state index contributed by atoms with van der Waals surface area (Å²) < 4.78 is 5.52. The second-order valence-electron chi connectivity index (χ2n) is 4.78. The largest absolute Gasteiger partial charge is 0.380 e. The molecular formula is C15H25NO. The maximum absolute atomic E-state index is 5.52. The first-order valence-electron chi connectivity index (χ1n) is 6.38. The average Bonchev–Trinajstić information content (AvgIpc) is 2.27. The maximum atomic E-state index is 5.52. The van der Waals surface area contributed by atoms with Crippen LogP contribution in [0.2, 0.25) is 0 Å². The Balaban J connectivity index is 2.79. The molecular weight excluding hydrogens is 210 g/mol. The van der Waals surface area contributed by atoms with Gasteiger partial charge in [-0.25, -0.2) is 0 Å². The number of ether oxygens (including phenoxy) is 1. The van der Waals surface area contributed by atoms with Crippen LogP contribution in [0.15, 0.2) is 18.2 Å². The van der Waals surface area contributed by atoms with Crippen LogP contribution in [0.3, 0.4) is 0 Å². The van der Waals surface area contributed by atoms with Gasteiger partial charge in [-0.3, -0.25) is 0 Å². The molecule has 0 heterocycles. The van der Waals surface area contributed by atoms with Crippen molar-refractivity contribution in [3.05, 3.63) is 34.9 Å². The molecule has 2 atom stereocenters. The van der Waals surface area contributed by atoms with Crippen LogP contribution in [0.5, 0.6) is 0 Å². The highest BCUT2D eigenvalue weighted by Crippen LogP contribution is 2.14. The summed E-state index contributed by atoms with van der Waals surface area (Å²) in [7, 11) is 3.80. The van der Waals surface area contributed by atoms with Crippen LogP contribution < -0.4 is 5.32 Å². The lowest BCUT2D eigenvalue weighted by molar-refractivity contribution is 0.0678. The van der Waals surface area contributed by atoms with Crippen molar-refractivity contribution in [2.75, 3.05) is 14.2 Å². The molecule has 0 radical (unpaired) electrons. The Morgan fingerprint density at radius 3 is 2.18 bits per heavy atom. The summed E-state index contributed by atoms with van der Waals surface area (Å²) in [5.41, 5.74) is 4.05. The summed E-state index contributed by atoms with van der Waals surface area (Å²) in [4.78, 5) is 0. The van der Waals surface area contributed by atoms with Crippen molar-refractivity contribution in [3.8, 4) is 0 Å². The minimum atomic E-state index is 0.279. The molecule has 0 aliphatic heterocycles. The summed E-state index contributed by atoms with van der Waals surface area (Å²) in [6, 6.07) is 7.12. The second kappa shape index (κ2) is 6.77. The Hall–Kier alpha value is -0.860. The predicted octanol–water partition coefficient (Wildman–Crippen LogP) is 2.86. The van der Waals surface area contributed by atoms with Gasteiger partial charge >= 0.3 is 0 Å². The molecule has 1 rings (SSSR count). The second-order valence-corrected chi connectivity index (χ2v) is 4.78. The van der Waals surface area contributed by atoms with Gasteiger partial charge in [-0.2, -0.15) is 0 Å². The molecule has 17 heavy (non-hydrogen) atoms. The van der Waals surface area contributed by atoms with Crippen LogP contribution in [0.4, 0.5) is 0 Å². The summed E-state index contributed by atoms with van der Waals surface area (Å²) in [6.45, 7) is 6.47. The number of hydrogen-bond acceptors (Lipinski definition) is 2. The van der Waals surface area contributed by atoms with E-state index in [0.717, 1.165) is 12.8 Å². The normalized spacial score (nSPS) is 14.6. The van der Waals surface area contributed by atoms with E-state index >= 15 is 0 Å². The lowest BCUT2D eigenvalue weighted by Gasteiger charge is -2.25. The highest BCUT2D eigenvalue weighted by molar-refractivity contribution is 5.29. The number of methoxy groups -OCH3 is 1. The zero-order chi connectivity index (χ0) is 12.8. The zero-order valence-electron chi connectivity index (χ0n) is 11.7. The van der Waals surface area contributed by atoms with Crippen molar-refractivity contribution in [2.45, 2.75) is 45.8 Å². The lowest BCUT2D eigenvalue weighted by Crippen LogP contribution is -2.40. The van der Waals surface area contributed by atoms with Crippen LogP contribution in [0.25, 0.3) is 0 Å². The van der Waals surface area contributed by atoms with Gasteiger partial charge < -0.3 is 10.1 Å². The molecule has 2 nitrogen and oxygen atoms in total. The molecule has 96 valence electrons. The van der Waals surface area contributed by atoms with E-state index < -0.39 is 0 Å². The third-order valence-electron chi connectivity index (χ3n) is 3.26. The van der Waals surface area contributed by atoms with E-state index in [-0.39, 0.29) is 6.10 Å². The van der Waals surface area contributed by atoms with E-state index in [0.29, 0.717) is 6.04 Å². The minimum absolute atomic E-state index is 0.279. The van der Waals surface area contributed by atoms with E-state index in [4.69, 9.17) is 4.74 Å². The monoisotopic (exact) mass is 235 g/mol. The molecule has 0 aromatic heterocycles. The SMILES string of the molecule is CCC(OC)C(Cc1cc(C)cc(C)c1)NC. The molecule has 1 aromatic carbocycles. The minimum Gasteiger partial charge on any atom is -0.380 e. The molecule has 1 N–H and O–H groups in total. The first-order valence-corrected chi connectivity index (χ1v) is 6.38. The number of hydrogen-bond donors (Lipinski definition) is 1. The smallest absolute Gasteiger partial charge is 0.0724 e. The quantitative estimate of drug-likeness (QED) is 0.818. The Morgan fingerprint density at radius 2 is 1.76 bits per heavy atom. The van der Waals surface area contributed by atoms with E-state index in [1.807, 2.05) is 7.05 Å². The Morgan fingerprint density at radius 1 is 1.18 bits per heavy atom. The van der Waals surface area contributed by atoms with Gasteiger partial charge in [0.15, 0.2) is 0 Å². The molecule has 0 saturated carbocycles. The molecule has 0 aliphatic rings. The Labute approximate surface area is 105 Å². The fraction of sp³-hybridized carbons (Fsp3) is 0.600. The molecule has 0 fully saturated rings. The molecule has 0 amide bonds. The van der Waals surface area contributed by atoms with Crippen molar-refractivity contribution >= 4 is 0 Å². The lowest BCUT2D eigenvalue weighted by atomic mass is 9.97. The van der Waals surface area contributed by atoms with Gasteiger partial charge in [0.25, 0.3) is 0 Å². The maximum Gasteiger partial charge on any atom is 0.0724 e. The van der Waals surface area contributed by atoms with Gasteiger partial charge in [0.05, 0.1) is 6.10 Å². The van der Waals surface area contributed by atoms with Crippen molar-refractivity contribution in [1.29, 1.82) is 0 Å². The van der Waals surface area contributed by atoms with Crippen molar-refractivity contribution < 1.29 is 4.74 Å². The number of benzene rings is 1. The zero-order valence-corrected chi connectivity index (χ0v) is 11.7. The van der Waals surface area contributed by atoms with Gasteiger partial charge in [0.2, 0.25) is 0 Å². The van der Waals surface area contributed by atoms with Gasteiger partial charge in [0.1, 0.15) is 0 Å². The molecule has 0 bridgehead atoms. The van der Waals surface area contributed by atoms with Crippen LogP contribution in [0, 0.1) is 13.8 Å². The highest BCUT2D eigenvalue weighted by Gasteiger charge is 2.18. The summed E-state index contributed by atoms with van der Waals surface area (Å²) in [6.07, 6.45) is 2.33. The molecule has 0 spiro atoms. The van der Waals surface area contributed by atoms with E-state index in [9.17, 15) is 0 Å². The Bertz CT molecular complexity index is 325. The molecule has 2 heteroatoms. The number of rotatable bonds is 6. The molecule has 2 unspecified atom stereocenters. The van der Waals surface area contributed by atoms with Crippen LogP contribution in [0.1, 0.15) is 30.0 Å². The summed E-state index contributed by atoms with van der Waals surface area (Å²) >= 11 is 0. The predicted molar refractivity (Wildman–Crippen MR) is 73.6 cm³/mol. The first-order chi connectivity index (χ1) is 8.10. The fourth-order valence-corrected chi connectivity index (χ4v) is 2.48. The highest BCUT2D eigenvalue weighted by atomic mass is 16.5. The molecule has 0 saturated heterocycles. The van der Waals surface area contributed by atoms with Crippen molar-refractivity contribution in [1.82, 2.24) is 5.32 Å². The van der Waals surface area contributed by atoms with Crippen molar-refractivity contribution in [2.24, 2.45) is 0 Å². The van der Waals surface area contributed by atoms with Crippen LogP contribution >= 0.6 is 0 Å².